The molecule has 0 spiro atoms. The molecule has 0 aliphatic carbocycles. The third kappa shape index (κ3) is 3.55. The Labute approximate surface area is 146 Å². The van der Waals surface area contributed by atoms with Gasteiger partial charge in [0.1, 0.15) is 0 Å². The normalized spacial score (nSPS) is 12.1. The molecule has 0 bridgehead atoms. The van der Waals surface area contributed by atoms with Gasteiger partial charge in [-0.2, -0.15) is 0 Å². The van der Waals surface area contributed by atoms with Crippen LogP contribution in [0.15, 0.2) is 34.8 Å². The van der Waals surface area contributed by atoms with E-state index < -0.39 is 0 Å². The Morgan fingerprint density at radius 2 is 1.62 bits per heavy atom. The Balaban J connectivity index is 2.50. The van der Waals surface area contributed by atoms with Crippen molar-refractivity contribution >= 4 is 43.5 Å². The lowest BCUT2D eigenvalue weighted by Crippen LogP contribution is -2.00. The standard InChI is InChI=1S/C16H15Br2ClO2/c1-9-6-14(20-2)15(21-3)8-12(9)16(18)11-5-4-10(17)7-13(11)19/h4-8,16H,1-3H3. The predicted molar refractivity (Wildman–Crippen MR) is 94.2 cm³/mol. The maximum Gasteiger partial charge on any atom is 0.161 e. The van der Waals surface area contributed by atoms with Crippen LogP contribution in [0.25, 0.3) is 0 Å². The first-order valence-electron chi connectivity index (χ1n) is 6.29. The lowest BCUT2D eigenvalue weighted by atomic mass is 9.99. The molecule has 0 N–H and O–H groups in total. The molecule has 1 atom stereocenters. The molecule has 0 aliphatic rings. The molecular formula is C16H15Br2ClO2. The molecule has 5 heteroatoms. The second kappa shape index (κ2) is 7.03. The van der Waals surface area contributed by atoms with Crippen LogP contribution >= 0.6 is 43.5 Å². The monoisotopic (exact) mass is 432 g/mol. The fourth-order valence-electron chi connectivity index (χ4n) is 2.14. The molecule has 2 rings (SSSR count). The van der Waals surface area contributed by atoms with E-state index in [1.807, 2.05) is 37.3 Å². The van der Waals surface area contributed by atoms with Gasteiger partial charge in [-0.25, -0.2) is 0 Å². The average Bonchev–Trinajstić information content (AvgIpc) is 2.46. The number of halogens is 3. The van der Waals surface area contributed by atoms with Crippen molar-refractivity contribution < 1.29 is 9.47 Å². The summed E-state index contributed by atoms with van der Waals surface area (Å²) in [6.45, 7) is 2.04. The molecule has 2 aromatic carbocycles. The Morgan fingerprint density at radius 3 is 2.19 bits per heavy atom. The minimum Gasteiger partial charge on any atom is -0.493 e. The SMILES string of the molecule is COc1cc(C)c(C(Br)c2ccc(Br)cc2Cl)cc1OC. The van der Waals surface area contributed by atoms with Crippen LogP contribution in [0.4, 0.5) is 0 Å². The number of aryl methyl sites for hydroxylation is 1. The van der Waals surface area contributed by atoms with Gasteiger partial charge in [-0.15, -0.1) is 0 Å². The van der Waals surface area contributed by atoms with Crippen LogP contribution < -0.4 is 9.47 Å². The van der Waals surface area contributed by atoms with E-state index in [0.717, 1.165) is 26.9 Å². The van der Waals surface area contributed by atoms with Gasteiger partial charge in [-0.3, -0.25) is 0 Å². The number of ether oxygens (including phenoxy) is 2. The lowest BCUT2D eigenvalue weighted by Gasteiger charge is -2.18. The van der Waals surface area contributed by atoms with Crippen LogP contribution in [0, 0.1) is 6.92 Å². The van der Waals surface area contributed by atoms with Crippen molar-refractivity contribution in [2.75, 3.05) is 14.2 Å². The number of alkyl halides is 1. The molecule has 1 unspecified atom stereocenters. The number of methoxy groups -OCH3 is 2. The van der Waals surface area contributed by atoms with Gasteiger partial charge in [0, 0.05) is 9.50 Å². The maximum atomic E-state index is 6.34. The van der Waals surface area contributed by atoms with Crippen LogP contribution in [-0.2, 0) is 0 Å². The predicted octanol–water partition coefficient (Wildman–Crippen LogP) is 5.91. The first kappa shape index (κ1) is 16.7. The third-order valence-electron chi connectivity index (χ3n) is 3.28. The molecule has 112 valence electrons. The Hall–Kier alpha value is -0.710. The van der Waals surface area contributed by atoms with E-state index in [4.69, 9.17) is 21.1 Å². The molecule has 0 saturated heterocycles. The van der Waals surface area contributed by atoms with Crippen LogP contribution in [0.3, 0.4) is 0 Å². The summed E-state index contributed by atoms with van der Waals surface area (Å²) < 4.78 is 11.7. The zero-order chi connectivity index (χ0) is 15.6. The minimum atomic E-state index is -0.0158. The van der Waals surface area contributed by atoms with E-state index in [9.17, 15) is 0 Å². The van der Waals surface area contributed by atoms with Crippen LogP contribution in [0.5, 0.6) is 11.5 Å². The number of benzene rings is 2. The molecule has 2 nitrogen and oxygen atoms in total. The van der Waals surface area contributed by atoms with Gasteiger partial charge in [0.25, 0.3) is 0 Å². The van der Waals surface area contributed by atoms with Gasteiger partial charge >= 0.3 is 0 Å². The Morgan fingerprint density at radius 1 is 1.00 bits per heavy atom. The maximum absolute atomic E-state index is 6.34. The topological polar surface area (TPSA) is 18.5 Å². The summed E-state index contributed by atoms with van der Waals surface area (Å²) in [6.07, 6.45) is 0. The number of hydrogen-bond donors (Lipinski definition) is 0. The smallest absolute Gasteiger partial charge is 0.161 e. The van der Waals surface area contributed by atoms with Gasteiger partial charge in [-0.1, -0.05) is 49.5 Å². The van der Waals surface area contributed by atoms with E-state index in [2.05, 4.69) is 31.9 Å². The van der Waals surface area contributed by atoms with Crippen molar-refractivity contribution in [2.45, 2.75) is 11.8 Å². The second-order valence-corrected chi connectivity index (χ2v) is 6.83. The van der Waals surface area contributed by atoms with E-state index >= 15 is 0 Å². The molecule has 0 fully saturated rings. The number of hydrogen-bond acceptors (Lipinski definition) is 2. The van der Waals surface area contributed by atoms with Crippen molar-refractivity contribution in [3.8, 4) is 11.5 Å². The van der Waals surface area contributed by atoms with E-state index in [-0.39, 0.29) is 4.83 Å². The minimum absolute atomic E-state index is 0.0158. The van der Waals surface area contributed by atoms with E-state index in [1.54, 1.807) is 14.2 Å². The Kier molecular flexibility index (Phi) is 5.58. The van der Waals surface area contributed by atoms with Crippen molar-refractivity contribution in [2.24, 2.45) is 0 Å². The molecule has 21 heavy (non-hydrogen) atoms. The second-order valence-electron chi connectivity index (χ2n) is 4.59. The molecule has 2 aromatic rings. The van der Waals surface area contributed by atoms with Gasteiger partial charge in [-0.05, 0) is 47.9 Å². The lowest BCUT2D eigenvalue weighted by molar-refractivity contribution is 0.354. The molecule has 0 amide bonds. The van der Waals surface area contributed by atoms with Crippen LogP contribution in [-0.4, -0.2) is 14.2 Å². The van der Waals surface area contributed by atoms with E-state index in [1.165, 1.54) is 0 Å². The average molecular weight is 435 g/mol. The van der Waals surface area contributed by atoms with Gasteiger partial charge in [0.15, 0.2) is 11.5 Å². The molecular weight excluding hydrogens is 419 g/mol. The first-order chi connectivity index (χ1) is 9.97. The van der Waals surface area contributed by atoms with E-state index in [0.29, 0.717) is 10.8 Å². The highest BCUT2D eigenvalue weighted by Crippen LogP contribution is 2.41. The first-order valence-corrected chi connectivity index (χ1v) is 8.38. The van der Waals surface area contributed by atoms with Crippen molar-refractivity contribution in [1.29, 1.82) is 0 Å². The van der Waals surface area contributed by atoms with Crippen LogP contribution in [0.2, 0.25) is 5.02 Å². The Bertz CT molecular complexity index is 659. The van der Waals surface area contributed by atoms with Crippen molar-refractivity contribution in [3.63, 3.8) is 0 Å². The van der Waals surface area contributed by atoms with Crippen molar-refractivity contribution in [1.82, 2.24) is 0 Å². The summed E-state index contributed by atoms with van der Waals surface area (Å²) in [7, 11) is 3.26. The highest BCUT2D eigenvalue weighted by atomic mass is 79.9. The quantitative estimate of drug-likeness (QED) is 0.557. The van der Waals surface area contributed by atoms with Gasteiger partial charge in [0.05, 0.1) is 19.0 Å². The molecule has 0 radical (unpaired) electrons. The number of rotatable bonds is 4. The summed E-state index contributed by atoms with van der Waals surface area (Å²) in [5, 5.41) is 0.709. The largest absolute Gasteiger partial charge is 0.493 e. The van der Waals surface area contributed by atoms with Gasteiger partial charge in [0.2, 0.25) is 0 Å². The summed E-state index contributed by atoms with van der Waals surface area (Å²) in [5.74, 6) is 1.43. The van der Waals surface area contributed by atoms with Crippen LogP contribution in [0.1, 0.15) is 21.5 Å². The molecule has 0 aliphatic heterocycles. The highest BCUT2D eigenvalue weighted by Gasteiger charge is 2.19. The van der Waals surface area contributed by atoms with Crippen molar-refractivity contribution in [3.05, 3.63) is 56.5 Å². The zero-order valence-corrected chi connectivity index (χ0v) is 15.8. The zero-order valence-electron chi connectivity index (χ0n) is 11.9. The molecule has 0 heterocycles. The summed E-state index contributed by atoms with van der Waals surface area (Å²) in [4.78, 5) is -0.0158. The highest BCUT2D eigenvalue weighted by molar-refractivity contribution is 9.10. The fourth-order valence-corrected chi connectivity index (χ4v) is 3.95. The fraction of sp³-hybridized carbons (Fsp3) is 0.250. The summed E-state index contributed by atoms with van der Waals surface area (Å²) in [6, 6.07) is 9.82. The molecule has 0 saturated carbocycles. The molecule has 0 aromatic heterocycles. The summed E-state index contributed by atoms with van der Waals surface area (Å²) >= 11 is 13.5. The summed E-state index contributed by atoms with van der Waals surface area (Å²) in [5.41, 5.74) is 3.21. The van der Waals surface area contributed by atoms with Gasteiger partial charge < -0.3 is 9.47 Å². The third-order valence-corrected chi connectivity index (χ3v) is 5.09.